The van der Waals surface area contributed by atoms with Gasteiger partial charge in [-0.05, 0) is 76.8 Å². The summed E-state index contributed by atoms with van der Waals surface area (Å²) in [7, 11) is 1.95. The van der Waals surface area contributed by atoms with E-state index >= 15 is 0 Å². The lowest BCUT2D eigenvalue weighted by atomic mass is 9.89. The van der Waals surface area contributed by atoms with E-state index in [0.717, 1.165) is 33.4 Å². The zero-order chi connectivity index (χ0) is 35.0. The van der Waals surface area contributed by atoms with E-state index in [9.17, 15) is 20.1 Å². The Bertz CT molecular complexity index is 1860. The maximum atomic E-state index is 12.6. The molecule has 0 aliphatic carbocycles. The molecule has 5 aromatic carbocycles. The number of phenolic OH excluding ortho intramolecular Hbond substituents is 1. The third-order valence-corrected chi connectivity index (χ3v) is 9.26. The largest absolute Gasteiger partial charge is 0.508 e. The Balaban J connectivity index is 1.21. The van der Waals surface area contributed by atoms with Gasteiger partial charge in [-0.2, -0.15) is 0 Å². The molecule has 0 saturated carbocycles. The van der Waals surface area contributed by atoms with Crippen LogP contribution in [0.15, 0.2) is 127 Å². The molecule has 1 aliphatic heterocycles. The quantitative estimate of drug-likeness (QED) is 0.114. The highest BCUT2D eigenvalue weighted by molar-refractivity contribution is 5.94. The Morgan fingerprint density at radius 3 is 2.26 bits per heavy atom. The standard InChI is InChI=1S/C42H44N2O6/c1-28-39(26-44(2)25-38(47)35-14-8-16-37(46)23-35)49-42(50-40(28)31-19-17-29(27-45)18-20-31)36-15-7-13-34(22-36)33-12-6-9-30(21-33)24-43-41(48)32-10-4-3-5-11-32/h3-23,28,38-40,42,45-47H,24-27H2,1-2H3,(H,43,48)/t28-,38-,39+,40+,42+/m1/s1. The van der Waals surface area contributed by atoms with Crippen molar-refractivity contribution in [3.05, 3.63) is 161 Å². The summed E-state index contributed by atoms with van der Waals surface area (Å²) in [5.41, 5.74) is 6.97. The van der Waals surface area contributed by atoms with Crippen molar-refractivity contribution in [3.63, 3.8) is 0 Å². The van der Waals surface area contributed by atoms with E-state index in [0.29, 0.717) is 30.8 Å². The normalized spacial score (nSPS) is 19.6. The Morgan fingerprint density at radius 2 is 1.52 bits per heavy atom. The predicted octanol–water partition coefficient (Wildman–Crippen LogP) is 6.94. The third kappa shape index (κ3) is 8.66. The van der Waals surface area contributed by atoms with Gasteiger partial charge < -0.3 is 35.0 Å². The van der Waals surface area contributed by atoms with Crippen LogP contribution in [0, 0.1) is 5.92 Å². The highest BCUT2D eigenvalue weighted by Crippen LogP contribution is 2.42. The predicted molar refractivity (Wildman–Crippen MR) is 193 cm³/mol. The number of carbonyl (C=O) groups is 1. The number of amides is 1. The molecule has 0 spiro atoms. The summed E-state index contributed by atoms with van der Waals surface area (Å²) in [5.74, 6) is -0.0294. The van der Waals surface area contributed by atoms with Gasteiger partial charge in [0.2, 0.25) is 0 Å². The third-order valence-electron chi connectivity index (χ3n) is 9.26. The summed E-state index contributed by atoms with van der Waals surface area (Å²) < 4.78 is 13.4. The van der Waals surface area contributed by atoms with Crippen LogP contribution < -0.4 is 5.32 Å². The Morgan fingerprint density at radius 1 is 0.800 bits per heavy atom. The molecular formula is C42H44N2O6. The van der Waals surface area contributed by atoms with Crippen molar-refractivity contribution in [3.8, 4) is 16.9 Å². The van der Waals surface area contributed by atoms with Gasteiger partial charge in [-0.3, -0.25) is 4.79 Å². The average Bonchev–Trinajstić information content (AvgIpc) is 3.15. The van der Waals surface area contributed by atoms with Crippen LogP contribution in [0.1, 0.15) is 63.6 Å². The number of benzene rings is 5. The number of carbonyl (C=O) groups excluding carboxylic acids is 1. The van der Waals surface area contributed by atoms with E-state index in [4.69, 9.17) is 9.47 Å². The number of aromatic hydroxyl groups is 1. The van der Waals surface area contributed by atoms with E-state index in [1.807, 2.05) is 84.7 Å². The lowest BCUT2D eigenvalue weighted by Crippen LogP contribution is -2.44. The van der Waals surface area contributed by atoms with E-state index < -0.39 is 12.4 Å². The fourth-order valence-electron chi connectivity index (χ4n) is 6.44. The highest BCUT2D eigenvalue weighted by atomic mass is 16.7. The zero-order valence-corrected chi connectivity index (χ0v) is 28.4. The number of aliphatic hydroxyl groups excluding tert-OH is 2. The summed E-state index contributed by atoms with van der Waals surface area (Å²) in [6, 6.07) is 40.0. The Kier molecular flexibility index (Phi) is 11.4. The van der Waals surface area contributed by atoms with Crippen LogP contribution in [0.25, 0.3) is 11.1 Å². The summed E-state index contributed by atoms with van der Waals surface area (Å²) in [6.07, 6.45) is -1.95. The lowest BCUT2D eigenvalue weighted by molar-refractivity contribution is -0.276. The maximum Gasteiger partial charge on any atom is 0.251 e. The van der Waals surface area contributed by atoms with Crippen molar-refractivity contribution in [1.82, 2.24) is 10.2 Å². The fraction of sp³-hybridized carbons (Fsp3) is 0.262. The van der Waals surface area contributed by atoms with E-state index in [2.05, 4.69) is 30.4 Å². The van der Waals surface area contributed by atoms with Crippen LogP contribution in [-0.4, -0.2) is 52.4 Å². The van der Waals surface area contributed by atoms with Crippen LogP contribution in [0.2, 0.25) is 0 Å². The molecule has 1 heterocycles. The van der Waals surface area contributed by atoms with Gasteiger partial charge in [-0.15, -0.1) is 0 Å². The topological polar surface area (TPSA) is 111 Å². The number of ether oxygens (including phenoxy) is 2. The second-order valence-electron chi connectivity index (χ2n) is 13.0. The minimum Gasteiger partial charge on any atom is -0.508 e. The van der Waals surface area contributed by atoms with Gasteiger partial charge in [0.25, 0.3) is 5.91 Å². The first kappa shape index (κ1) is 35.0. The van der Waals surface area contributed by atoms with Gasteiger partial charge in [0.15, 0.2) is 6.29 Å². The smallest absolute Gasteiger partial charge is 0.251 e. The molecule has 1 amide bonds. The molecule has 8 nitrogen and oxygen atoms in total. The molecule has 5 atom stereocenters. The molecule has 0 radical (unpaired) electrons. The Labute approximate surface area is 293 Å². The molecule has 50 heavy (non-hydrogen) atoms. The first-order valence-corrected chi connectivity index (χ1v) is 17.0. The first-order valence-electron chi connectivity index (χ1n) is 17.0. The lowest BCUT2D eigenvalue weighted by Gasteiger charge is -2.42. The van der Waals surface area contributed by atoms with Crippen LogP contribution in [-0.2, 0) is 22.6 Å². The van der Waals surface area contributed by atoms with Gasteiger partial charge in [0.1, 0.15) is 5.75 Å². The summed E-state index contributed by atoms with van der Waals surface area (Å²) in [6.45, 7) is 3.38. The van der Waals surface area contributed by atoms with Crippen molar-refractivity contribution in [2.24, 2.45) is 5.92 Å². The van der Waals surface area contributed by atoms with E-state index in [-0.39, 0.29) is 36.4 Å². The second kappa shape index (κ2) is 16.3. The summed E-state index contributed by atoms with van der Waals surface area (Å²) >= 11 is 0. The van der Waals surface area contributed by atoms with Gasteiger partial charge in [0, 0.05) is 36.7 Å². The van der Waals surface area contributed by atoms with Crippen molar-refractivity contribution in [1.29, 1.82) is 0 Å². The summed E-state index contributed by atoms with van der Waals surface area (Å²) in [5, 5.41) is 33.5. The number of aliphatic hydroxyl groups is 2. The highest BCUT2D eigenvalue weighted by Gasteiger charge is 2.39. The molecule has 4 N–H and O–H groups in total. The van der Waals surface area contributed by atoms with Gasteiger partial charge in [-0.1, -0.05) is 97.9 Å². The average molecular weight is 673 g/mol. The molecule has 0 bridgehead atoms. The number of rotatable bonds is 12. The van der Waals surface area contributed by atoms with E-state index in [1.54, 1.807) is 36.4 Å². The molecular weight excluding hydrogens is 628 g/mol. The minimum absolute atomic E-state index is 0.0300. The number of phenols is 1. The second-order valence-corrected chi connectivity index (χ2v) is 13.0. The van der Waals surface area contributed by atoms with Crippen molar-refractivity contribution in [2.45, 2.75) is 44.7 Å². The number of hydrogen-bond donors (Lipinski definition) is 4. The van der Waals surface area contributed by atoms with Crippen LogP contribution in [0.5, 0.6) is 5.75 Å². The van der Waals surface area contributed by atoms with Crippen molar-refractivity contribution in [2.75, 3.05) is 20.1 Å². The van der Waals surface area contributed by atoms with Crippen molar-refractivity contribution < 1.29 is 29.6 Å². The summed E-state index contributed by atoms with van der Waals surface area (Å²) in [4.78, 5) is 14.7. The maximum absolute atomic E-state index is 12.6. The molecule has 1 aliphatic rings. The molecule has 1 saturated heterocycles. The van der Waals surface area contributed by atoms with Gasteiger partial charge in [-0.25, -0.2) is 0 Å². The Hall–Kier alpha value is -4.83. The number of nitrogens with one attached hydrogen (secondary N) is 1. The van der Waals surface area contributed by atoms with Crippen LogP contribution in [0.3, 0.4) is 0 Å². The van der Waals surface area contributed by atoms with Gasteiger partial charge in [0.05, 0.1) is 24.9 Å². The van der Waals surface area contributed by atoms with Crippen LogP contribution >= 0.6 is 0 Å². The molecule has 5 aromatic rings. The minimum atomic E-state index is -0.779. The monoisotopic (exact) mass is 672 g/mol. The molecule has 0 aromatic heterocycles. The molecule has 8 heteroatoms. The van der Waals surface area contributed by atoms with Gasteiger partial charge >= 0.3 is 0 Å². The molecule has 1 fully saturated rings. The first-order chi connectivity index (χ1) is 24.3. The number of nitrogens with zero attached hydrogens (tertiary/aromatic N) is 1. The number of likely N-dealkylation sites (N-methyl/N-ethyl adjacent to an activating group) is 1. The van der Waals surface area contributed by atoms with E-state index in [1.165, 1.54) is 0 Å². The van der Waals surface area contributed by atoms with Crippen molar-refractivity contribution >= 4 is 5.91 Å². The molecule has 6 rings (SSSR count). The fourth-order valence-corrected chi connectivity index (χ4v) is 6.44. The number of hydrogen-bond acceptors (Lipinski definition) is 7. The van der Waals surface area contributed by atoms with Crippen LogP contribution in [0.4, 0.5) is 0 Å². The molecule has 258 valence electrons. The molecule has 0 unspecified atom stereocenters. The SMILES string of the molecule is C[C@@H]1[C@H](CN(C)C[C@@H](O)c2cccc(O)c2)O[C@H](c2cccc(-c3cccc(CNC(=O)c4ccccc4)c3)c2)O[C@@H]1c1ccc(CO)cc1. The zero-order valence-electron chi connectivity index (χ0n) is 28.4.